The molecule has 0 spiro atoms. The number of hydrogen-bond acceptors (Lipinski definition) is 2. The molecule has 0 unspecified atom stereocenters. The van der Waals surface area contributed by atoms with Crippen LogP contribution in [0.2, 0.25) is 0 Å². The zero-order chi connectivity index (χ0) is 18.8. The molecule has 2 aromatic rings. The second-order valence-electron chi connectivity index (χ2n) is 5.26. The Kier molecular flexibility index (Phi) is 5.01. The van der Waals surface area contributed by atoms with Crippen LogP contribution in [0.15, 0.2) is 42.5 Å². The van der Waals surface area contributed by atoms with Gasteiger partial charge in [-0.15, -0.1) is 0 Å². The Hall–Kier alpha value is -2.64. The monoisotopic (exact) mass is 359 g/mol. The molecule has 0 heterocycles. The molecule has 0 aliphatic heterocycles. The van der Waals surface area contributed by atoms with Crippen LogP contribution in [0.25, 0.3) is 0 Å². The summed E-state index contributed by atoms with van der Waals surface area (Å²) in [5, 5.41) is 2.47. The number of amides is 1. The number of nitrogens with one attached hydrogen (secondary N) is 1. The minimum atomic E-state index is -5.67. The van der Waals surface area contributed by atoms with Gasteiger partial charge in [-0.1, -0.05) is 0 Å². The van der Waals surface area contributed by atoms with Crippen molar-refractivity contribution < 1.29 is 31.5 Å². The average molecular weight is 359 g/mol. The predicted molar refractivity (Wildman–Crippen MR) is 81.0 cm³/mol. The lowest BCUT2D eigenvalue weighted by molar-refractivity contribution is -0.289. The summed E-state index contributed by atoms with van der Waals surface area (Å²) >= 11 is 0. The van der Waals surface area contributed by atoms with Crippen molar-refractivity contribution in [3.8, 4) is 11.5 Å². The van der Waals surface area contributed by atoms with Gasteiger partial charge in [-0.25, -0.2) is 0 Å². The highest BCUT2D eigenvalue weighted by atomic mass is 19.4. The zero-order valence-corrected chi connectivity index (χ0v) is 13.2. The quantitative estimate of drug-likeness (QED) is 0.797. The van der Waals surface area contributed by atoms with Gasteiger partial charge in [0.15, 0.2) is 0 Å². The van der Waals surface area contributed by atoms with Crippen molar-refractivity contribution in [2.45, 2.75) is 19.0 Å². The normalized spacial score (nSPS) is 12.0. The lowest BCUT2D eigenvalue weighted by Gasteiger charge is -2.20. The number of rotatable bonds is 4. The van der Waals surface area contributed by atoms with E-state index in [1.165, 1.54) is 19.2 Å². The second kappa shape index (κ2) is 6.70. The van der Waals surface area contributed by atoms with Gasteiger partial charge in [0.2, 0.25) is 0 Å². The summed E-state index contributed by atoms with van der Waals surface area (Å²) < 4.78 is 69.0. The molecule has 0 aromatic heterocycles. The molecule has 2 rings (SSSR count). The van der Waals surface area contributed by atoms with E-state index in [9.17, 15) is 26.7 Å². The van der Waals surface area contributed by atoms with Crippen LogP contribution in [0.3, 0.4) is 0 Å². The van der Waals surface area contributed by atoms with Crippen molar-refractivity contribution in [3.05, 3.63) is 59.2 Å². The number of hydrogen-bond donors (Lipinski definition) is 1. The maximum atomic E-state index is 13.2. The first-order valence-electron chi connectivity index (χ1n) is 7.12. The lowest BCUT2D eigenvalue weighted by Crippen LogP contribution is -2.33. The third-order valence-corrected chi connectivity index (χ3v) is 3.46. The first-order chi connectivity index (χ1) is 11.6. The Morgan fingerprint density at radius 1 is 1.00 bits per heavy atom. The van der Waals surface area contributed by atoms with Crippen molar-refractivity contribution in [1.29, 1.82) is 0 Å². The number of carbonyl (C=O) groups excluding carboxylic acids is 1. The zero-order valence-electron chi connectivity index (χ0n) is 13.2. The maximum absolute atomic E-state index is 13.2. The van der Waals surface area contributed by atoms with Crippen molar-refractivity contribution in [3.63, 3.8) is 0 Å². The molecule has 0 aliphatic rings. The molecule has 134 valence electrons. The van der Waals surface area contributed by atoms with Crippen molar-refractivity contribution in [2.24, 2.45) is 0 Å². The molecule has 0 fully saturated rings. The summed E-state index contributed by atoms with van der Waals surface area (Å²) in [7, 11) is 1.49. The van der Waals surface area contributed by atoms with Crippen molar-refractivity contribution in [1.82, 2.24) is 5.32 Å². The van der Waals surface area contributed by atoms with Crippen LogP contribution in [0, 0.1) is 6.92 Å². The molecule has 0 saturated carbocycles. The molecule has 1 amide bonds. The Labute approximate surface area is 140 Å². The molecular weight excluding hydrogens is 345 g/mol. The fraction of sp³-hybridized carbons (Fsp3) is 0.235. The van der Waals surface area contributed by atoms with Crippen LogP contribution in [0.5, 0.6) is 11.5 Å². The van der Waals surface area contributed by atoms with E-state index in [2.05, 4.69) is 5.32 Å². The molecule has 2 aromatic carbocycles. The standard InChI is InChI=1S/C17H14F5NO2/c1-10-9-11(15(24)23-2)3-8-14(10)25-13-6-4-12(5-7-13)16(18,19)17(20,21)22/h3-9H,1-2H3,(H,23,24). The lowest BCUT2D eigenvalue weighted by atomic mass is 10.1. The molecule has 3 nitrogen and oxygen atoms in total. The fourth-order valence-electron chi connectivity index (χ4n) is 2.07. The summed E-state index contributed by atoms with van der Waals surface area (Å²) in [6.45, 7) is 1.67. The van der Waals surface area contributed by atoms with Gasteiger partial charge in [-0.05, 0) is 55.0 Å². The third-order valence-electron chi connectivity index (χ3n) is 3.46. The molecule has 0 radical (unpaired) electrons. The molecule has 0 atom stereocenters. The first kappa shape index (κ1) is 18.7. The van der Waals surface area contributed by atoms with Gasteiger partial charge >= 0.3 is 12.1 Å². The van der Waals surface area contributed by atoms with Gasteiger partial charge in [0.25, 0.3) is 5.91 Å². The summed E-state index contributed by atoms with van der Waals surface area (Å²) in [5.74, 6) is -4.77. The van der Waals surface area contributed by atoms with Crippen LogP contribution < -0.4 is 10.1 Å². The SMILES string of the molecule is CNC(=O)c1ccc(Oc2ccc(C(F)(F)C(F)(F)F)cc2)c(C)c1. The van der Waals surface area contributed by atoms with E-state index in [1.807, 2.05) is 0 Å². The number of alkyl halides is 5. The van der Waals surface area contributed by atoms with Crippen LogP contribution in [0.4, 0.5) is 22.0 Å². The minimum absolute atomic E-state index is 0.0949. The number of aryl methyl sites for hydroxylation is 1. The van der Waals surface area contributed by atoms with E-state index >= 15 is 0 Å². The molecule has 25 heavy (non-hydrogen) atoms. The van der Waals surface area contributed by atoms with Crippen molar-refractivity contribution in [2.75, 3.05) is 7.05 Å². The Morgan fingerprint density at radius 3 is 2.08 bits per heavy atom. The van der Waals surface area contributed by atoms with Crippen LogP contribution in [0.1, 0.15) is 21.5 Å². The molecule has 0 aliphatic carbocycles. The number of ether oxygens (including phenoxy) is 1. The number of benzene rings is 2. The van der Waals surface area contributed by atoms with Gasteiger partial charge in [0.1, 0.15) is 11.5 Å². The van der Waals surface area contributed by atoms with Crippen molar-refractivity contribution >= 4 is 5.91 Å². The van der Waals surface area contributed by atoms with E-state index in [0.717, 1.165) is 12.1 Å². The Balaban J connectivity index is 2.21. The fourth-order valence-corrected chi connectivity index (χ4v) is 2.07. The largest absolute Gasteiger partial charge is 0.458 e. The Morgan fingerprint density at radius 2 is 1.60 bits per heavy atom. The average Bonchev–Trinajstić information content (AvgIpc) is 2.55. The molecule has 0 saturated heterocycles. The van der Waals surface area contributed by atoms with Gasteiger partial charge in [0.05, 0.1) is 0 Å². The first-order valence-corrected chi connectivity index (χ1v) is 7.12. The topological polar surface area (TPSA) is 38.3 Å². The van der Waals surface area contributed by atoms with Gasteiger partial charge < -0.3 is 10.1 Å². The van der Waals surface area contributed by atoms with Crippen LogP contribution >= 0.6 is 0 Å². The second-order valence-corrected chi connectivity index (χ2v) is 5.26. The number of halogens is 5. The Bertz CT molecular complexity index is 770. The van der Waals surface area contributed by atoms with Gasteiger partial charge in [-0.2, -0.15) is 22.0 Å². The van der Waals surface area contributed by atoms with E-state index < -0.39 is 17.7 Å². The van der Waals surface area contributed by atoms with Gasteiger partial charge in [-0.3, -0.25) is 4.79 Å². The van der Waals surface area contributed by atoms with E-state index in [-0.39, 0.29) is 11.7 Å². The van der Waals surface area contributed by atoms with E-state index in [0.29, 0.717) is 29.0 Å². The van der Waals surface area contributed by atoms with E-state index in [1.54, 1.807) is 13.0 Å². The molecule has 8 heteroatoms. The smallest absolute Gasteiger partial charge is 0.457 e. The highest BCUT2D eigenvalue weighted by molar-refractivity contribution is 5.94. The third kappa shape index (κ3) is 3.89. The number of carbonyl (C=O) groups is 1. The summed E-state index contributed by atoms with van der Waals surface area (Å²) in [6, 6.07) is 7.97. The van der Waals surface area contributed by atoms with Crippen LogP contribution in [-0.2, 0) is 5.92 Å². The maximum Gasteiger partial charge on any atom is 0.458 e. The summed E-state index contributed by atoms with van der Waals surface area (Å²) in [6.07, 6.45) is -5.67. The summed E-state index contributed by atoms with van der Waals surface area (Å²) in [4.78, 5) is 11.5. The highest BCUT2D eigenvalue weighted by Crippen LogP contribution is 2.44. The highest BCUT2D eigenvalue weighted by Gasteiger charge is 2.58. The predicted octanol–water partition coefficient (Wildman–Crippen LogP) is 4.80. The molecule has 1 N–H and O–H groups in total. The van der Waals surface area contributed by atoms with E-state index in [4.69, 9.17) is 4.74 Å². The molecule has 0 bridgehead atoms. The minimum Gasteiger partial charge on any atom is -0.457 e. The van der Waals surface area contributed by atoms with Gasteiger partial charge in [0, 0.05) is 18.2 Å². The van der Waals surface area contributed by atoms with Crippen LogP contribution in [-0.4, -0.2) is 19.1 Å². The summed E-state index contributed by atoms with van der Waals surface area (Å²) in [5.41, 5.74) is -0.155. The molecular formula is C17H14F5NO2.